The van der Waals surface area contributed by atoms with Gasteiger partial charge in [0, 0.05) is 18.5 Å². The monoisotopic (exact) mass is 176 g/mol. The molecule has 1 aliphatic heterocycles. The van der Waals surface area contributed by atoms with Crippen molar-refractivity contribution in [2.75, 3.05) is 32.6 Å². The van der Waals surface area contributed by atoms with Crippen molar-refractivity contribution >= 4 is 11.6 Å². The summed E-state index contributed by atoms with van der Waals surface area (Å²) >= 11 is 5.58. The van der Waals surface area contributed by atoms with Gasteiger partial charge in [-0.05, 0) is 33.0 Å². The van der Waals surface area contributed by atoms with Crippen LogP contribution in [0.25, 0.3) is 0 Å². The lowest BCUT2D eigenvalue weighted by atomic mass is 10.1. The van der Waals surface area contributed by atoms with E-state index >= 15 is 0 Å². The number of rotatable bonds is 3. The van der Waals surface area contributed by atoms with Gasteiger partial charge in [-0.2, -0.15) is 0 Å². The Morgan fingerprint density at radius 2 is 2.09 bits per heavy atom. The predicted octanol–water partition coefficient (Wildman–Crippen LogP) is 0.909. The standard InChI is InChI=1S/C8H17ClN2/c1-11-6-2-8(3-7-11)10-5-4-9/h8,10H,2-7H2,1H3. The van der Waals surface area contributed by atoms with Crippen molar-refractivity contribution in [3.05, 3.63) is 0 Å². The largest absolute Gasteiger partial charge is 0.313 e. The van der Waals surface area contributed by atoms with Gasteiger partial charge in [-0.1, -0.05) is 0 Å². The van der Waals surface area contributed by atoms with E-state index in [2.05, 4.69) is 17.3 Å². The van der Waals surface area contributed by atoms with Crippen molar-refractivity contribution in [1.29, 1.82) is 0 Å². The topological polar surface area (TPSA) is 15.3 Å². The van der Waals surface area contributed by atoms with Crippen LogP contribution in [0, 0.1) is 0 Å². The number of likely N-dealkylation sites (tertiary alicyclic amines) is 1. The third-order valence-electron chi connectivity index (χ3n) is 2.25. The fraction of sp³-hybridized carbons (Fsp3) is 1.00. The summed E-state index contributed by atoms with van der Waals surface area (Å²) in [4.78, 5) is 2.37. The Morgan fingerprint density at radius 1 is 1.45 bits per heavy atom. The van der Waals surface area contributed by atoms with Crippen LogP contribution in [-0.2, 0) is 0 Å². The molecule has 1 fully saturated rings. The van der Waals surface area contributed by atoms with E-state index in [-0.39, 0.29) is 0 Å². The lowest BCUT2D eigenvalue weighted by Gasteiger charge is -2.29. The summed E-state index contributed by atoms with van der Waals surface area (Å²) in [5.74, 6) is 0.729. The normalized spacial score (nSPS) is 22.4. The molecule has 0 aromatic rings. The maximum Gasteiger partial charge on any atom is 0.0348 e. The van der Waals surface area contributed by atoms with Crippen LogP contribution >= 0.6 is 11.6 Å². The molecule has 0 amide bonds. The SMILES string of the molecule is CN1CCC(NCCCl)CC1. The van der Waals surface area contributed by atoms with Crippen molar-refractivity contribution in [1.82, 2.24) is 10.2 Å². The molecule has 0 radical (unpaired) electrons. The van der Waals surface area contributed by atoms with Gasteiger partial charge in [0.05, 0.1) is 0 Å². The summed E-state index contributed by atoms with van der Waals surface area (Å²) in [5, 5.41) is 3.43. The molecule has 2 nitrogen and oxygen atoms in total. The molecule has 11 heavy (non-hydrogen) atoms. The van der Waals surface area contributed by atoms with Crippen molar-refractivity contribution in [2.24, 2.45) is 0 Å². The molecule has 0 aromatic heterocycles. The molecule has 3 heteroatoms. The van der Waals surface area contributed by atoms with Crippen LogP contribution in [0.5, 0.6) is 0 Å². The highest BCUT2D eigenvalue weighted by atomic mass is 35.5. The molecule has 66 valence electrons. The van der Waals surface area contributed by atoms with E-state index in [0.717, 1.165) is 12.4 Å². The number of nitrogens with zero attached hydrogens (tertiary/aromatic N) is 1. The number of nitrogens with one attached hydrogen (secondary N) is 1. The van der Waals surface area contributed by atoms with Gasteiger partial charge < -0.3 is 10.2 Å². The first-order valence-corrected chi connectivity index (χ1v) is 4.84. The van der Waals surface area contributed by atoms with Crippen LogP contribution in [0.4, 0.5) is 0 Å². The van der Waals surface area contributed by atoms with Crippen LogP contribution in [-0.4, -0.2) is 43.5 Å². The van der Waals surface area contributed by atoms with E-state index in [1.165, 1.54) is 25.9 Å². The zero-order valence-electron chi connectivity index (χ0n) is 7.15. The van der Waals surface area contributed by atoms with Crippen molar-refractivity contribution in [3.8, 4) is 0 Å². The molecule has 0 saturated carbocycles. The lowest BCUT2D eigenvalue weighted by Crippen LogP contribution is -2.41. The Bertz CT molecular complexity index is 97.5. The van der Waals surface area contributed by atoms with Gasteiger partial charge in [0.2, 0.25) is 0 Å². The molecular weight excluding hydrogens is 160 g/mol. The average molecular weight is 177 g/mol. The molecule has 0 aliphatic carbocycles. The van der Waals surface area contributed by atoms with E-state index in [1.807, 2.05) is 0 Å². The quantitative estimate of drug-likeness (QED) is 0.644. The second-order valence-corrected chi connectivity index (χ2v) is 3.60. The average Bonchev–Trinajstić information content (AvgIpc) is 2.04. The summed E-state index contributed by atoms with van der Waals surface area (Å²) in [6.07, 6.45) is 2.54. The second-order valence-electron chi connectivity index (χ2n) is 3.22. The zero-order chi connectivity index (χ0) is 8.10. The molecule has 1 N–H and O–H groups in total. The number of hydrogen-bond acceptors (Lipinski definition) is 2. The minimum atomic E-state index is 0.713. The summed E-state index contributed by atoms with van der Waals surface area (Å²) in [7, 11) is 2.18. The number of piperidine rings is 1. The fourth-order valence-corrected chi connectivity index (χ4v) is 1.58. The highest BCUT2D eigenvalue weighted by Gasteiger charge is 2.14. The van der Waals surface area contributed by atoms with Gasteiger partial charge in [-0.3, -0.25) is 0 Å². The minimum Gasteiger partial charge on any atom is -0.313 e. The summed E-state index contributed by atoms with van der Waals surface area (Å²) in [5.41, 5.74) is 0. The first-order valence-electron chi connectivity index (χ1n) is 4.31. The molecule has 0 unspecified atom stereocenters. The Hall–Kier alpha value is 0.210. The second kappa shape index (κ2) is 4.96. The van der Waals surface area contributed by atoms with E-state index in [9.17, 15) is 0 Å². The molecular formula is C8H17ClN2. The van der Waals surface area contributed by atoms with Gasteiger partial charge in [-0.25, -0.2) is 0 Å². The van der Waals surface area contributed by atoms with Gasteiger partial charge in [-0.15, -0.1) is 11.6 Å². The molecule has 1 rings (SSSR count). The highest BCUT2D eigenvalue weighted by molar-refractivity contribution is 6.18. The fourth-order valence-electron chi connectivity index (χ4n) is 1.47. The van der Waals surface area contributed by atoms with E-state index < -0.39 is 0 Å². The van der Waals surface area contributed by atoms with Crippen molar-refractivity contribution in [2.45, 2.75) is 18.9 Å². The third kappa shape index (κ3) is 3.41. The molecule has 1 heterocycles. The van der Waals surface area contributed by atoms with Crippen LogP contribution in [0.3, 0.4) is 0 Å². The third-order valence-corrected chi connectivity index (χ3v) is 2.44. The summed E-state index contributed by atoms with van der Waals surface area (Å²) < 4.78 is 0. The van der Waals surface area contributed by atoms with Gasteiger partial charge in [0.15, 0.2) is 0 Å². The van der Waals surface area contributed by atoms with Gasteiger partial charge in [0.1, 0.15) is 0 Å². The van der Waals surface area contributed by atoms with Gasteiger partial charge in [0.25, 0.3) is 0 Å². The number of alkyl halides is 1. The van der Waals surface area contributed by atoms with Crippen LogP contribution in [0.2, 0.25) is 0 Å². The summed E-state index contributed by atoms with van der Waals surface area (Å²) in [6.45, 7) is 3.40. The van der Waals surface area contributed by atoms with Gasteiger partial charge >= 0.3 is 0 Å². The molecule has 0 aromatic carbocycles. The highest BCUT2D eigenvalue weighted by Crippen LogP contribution is 2.07. The molecule has 0 atom stereocenters. The van der Waals surface area contributed by atoms with E-state index in [1.54, 1.807) is 0 Å². The molecule has 0 spiro atoms. The maximum absolute atomic E-state index is 5.58. The molecule has 1 saturated heterocycles. The Balaban J connectivity index is 2.07. The number of hydrogen-bond donors (Lipinski definition) is 1. The Labute approximate surface area is 73.9 Å². The first kappa shape index (κ1) is 9.30. The predicted molar refractivity (Wildman–Crippen MR) is 49.2 cm³/mol. The lowest BCUT2D eigenvalue weighted by molar-refractivity contribution is 0.236. The molecule has 0 bridgehead atoms. The van der Waals surface area contributed by atoms with Crippen LogP contribution < -0.4 is 5.32 Å². The zero-order valence-corrected chi connectivity index (χ0v) is 7.90. The first-order chi connectivity index (χ1) is 5.33. The molecule has 1 aliphatic rings. The Morgan fingerprint density at radius 3 is 2.64 bits per heavy atom. The van der Waals surface area contributed by atoms with E-state index in [4.69, 9.17) is 11.6 Å². The smallest absolute Gasteiger partial charge is 0.0348 e. The summed E-state index contributed by atoms with van der Waals surface area (Å²) in [6, 6.07) is 0.713. The van der Waals surface area contributed by atoms with Crippen LogP contribution in [0.15, 0.2) is 0 Å². The Kier molecular flexibility index (Phi) is 4.20. The number of halogens is 1. The van der Waals surface area contributed by atoms with Crippen molar-refractivity contribution < 1.29 is 0 Å². The van der Waals surface area contributed by atoms with Crippen LogP contribution in [0.1, 0.15) is 12.8 Å². The minimum absolute atomic E-state index is 0.713. The maximum atomic E-state index is 5.58. The van der Waals surface area contributed by atoms with Crippen molar-refractivity contribution in [3.63, 3.8) is 0 Å². The van der Waals surface area contributed by atoms with E-state index in [0.29, 0.717) is 6.04 Å².